The summed E-state index contributed by atoms with van der Waals surface area (Å²) in [5, 5.41) is 7.45. The average Bonchev–Trinajstić information content (AvgIpc) is 2.49. The molecule has 1 N–H and O–H groups in total. The van der Waals surface area contributed by atoms with Gasteiger partial charge in [0.1, 0.15) is 0 Å². The number of aromatic nitrogens is 2. The van der Waals surface area contributed by atoms with Crippen LogP contribution < -0.4 is 10.9 Å². The molecule has 0 aromatic carbocycles. The van der Waals surface area contributed by atoms with Gasteiger partial charge in [0.15, 0.2) is 0 Å². The third-order valence-electron chi connectivity index (χ3n) is 4.44. The fourth-order valence-corrected chi connectivity index (χ4v) is 3.16. The summed E-state index contributed by atoms with van der Waals surface area (Å²) in [5.74, 6) is 0.266. The molecule has 3 rings (SSSR count). The summed E-state index contributed by atoms with van der Waals surface area (Å²) < 4.78 is 1.38. The third kappa shape index (κ3) is 3.06. The van der Waals surface area contributed by atoms with Gasteiger partial charge >= 0.3 is 0 Å². The monoisotopic (exact) mass is 287 g/mol. The first-order chi connectivity index (χ1) is 10.1. The van der Waals surface area contributed by atoms with Crippen molar-refractivity contribution in [3.63, 3.8) is 0 Å². The molecule has 2 aliphatic carbocycles. The number of aryl methyl sites for hydroxylation is 2. The summed E-state index contributed by atoms with van der Waals surface area (Å²) in [7, 11) is 1.67. The van der Waals surface area contributed by atoms with Crippen LogP contribution in [-0.4, -0.2) is 21.7 Å². The number of nitrogens with zero attached hydrogens (tertiary/aromatic N) is 2. The maximum atomic E-state index is 12.3. The Labute approximate surface area is 124 Å². The minimum Gasteiger partial charge on any atom is -0.353 e. The molecule has 0 spiro atoms. The Morgan fingerprint density at radius 3 is 3.00 bits per heavy atom. The summed E-state index contributed by atoms with van der Waals surface area (Å²) in [6, 6.07) is 1.79. The lowest BCUT2D eigenvalue weighted by atomic mass is 9.90. The van der Waals surface area contributed by atoms with Gasteiger partial charge in [0, 0.05) is 25.1 Å². The van der Waals surface area contributed by atoms with Gasteiger partial charge in [-0.3, -0.25) is 9.59 Å². The molecule has 0 saturated carbocycles. The topological polar surface area (TPSA) is 64.0 Å². The van der Waals surface area contributed by atoms with E-state index in [0.717, 1.165) is 43.4 Å². The Morgan fingerprint density at radius 1 is 1.38 bits per heavy atom. The van der Waals surface area contributed by atoms with E-state index in [4.69, 9.17) is 0 Å². The summed E-state index contributed by atoms with van der Waals surface area (Å²) in [5.41, 5.74) is 1.89. The Morgan fingerprint density at radius 2 is 2.24 bits per heavy atom. The molecular weight excluding hydrogens is 266 g/mol. The van der Waals surface area contributed by atoms with Crippen molar-refractivity contribution in [1.29, 1.82) is 0 Å². The number of amides is 1. The van der Waals surface area contributed by atoms with Gasteiger partial charge in [-0.25, -0.2) is 4.68 Å². The van der Waals surface area contributed by atoms with Gasteiger partial charge in [-0.1, -0.05) is 12.2 Å². The van der Waals surface area contributed by atoms with Gasteiger partial charge in [0.25, 0.3) is 5.56 Å². The van der Waals surface area contributed by atoms with Crippen LogP contribution in [-0.2, 0) is 24.7 Å². The minimum atomic E-state index is -0.0851. The van der Waals surface area contributed by atoms with Crippen molar-refractivity contribution < 1.29 is 4.79 Å². The van der Waals surface area contributed by atoms with Crippen molar-refractivity contribution in [2.24, 2.45) is 13.0 Å². The highest BCUT2D eigenvalue weighted by Crippen LogP contribution is 2.21. The standard InChI is InChI=1S/C16H21N3O2/c1-19-15(20)10-12-9-13(7-8-14(12)18-19)17-16(21)11-5-3-2-4-6-11/h2-3,10-11,13H,4-9H2,1H3,(H,17,21)/t11-,13+/m0/s1. The van der Waals surface area contributed by atoms with Crippen molar-refractivity contribution in [1.82, 2.24) is 15.1 Å². The molecule has 0 saturated heterocycles. The van der Waals surface area contributed by atoms with Gasteiger partial charge in [-0.15, -0.1) is 0 Å². The zero-order chi connectivity index (χ0) is 14.8. The maximum absolute atomic E-state index is 12.3. The van der Waals surface area contributed by atoms with E-state index >= 15 is 0 Å². The second kappa shape index (κ2) is 5.84. The number of carbonyl (C=O) groups excluding carboxylic acids is 1. The van der Waals surface area contributed by atoms with Crippen LogP contribution in [0.25, 0.3) is 0 Å². The molecule has 21 heavy (non-hydrogen) atoms. The quantitative estimate of drug-likeness (QED) is 0.829. The summed E-state index contributed by atoms with van der Waals surface area (Å²) in [6.07, 6.45) is 9.44. The van der Waals surface area contributed by atoms with E-state index in [2.05, 4.69) is 22.6 Å². The molecular formula is C16H21N3O2. The SMILES string of the molecule is Cn1nc2c(cc1=O)C[C@H](NC(=O)[C@H]1CC=CCC1)CC2. The third-order valence-corrected chi connectivity index (χ3v) is 4.44. The molecule has 0 bridgehead atoms. The molecule has 112 valence electrons. The smallest absolute Gasteiger partial charge is 0.266 e. The summed E-state index contributed by atoms with van der Waals surface area (Å²) in [6.45, 7) is 0. The van der Waals surface area contributed by atoms with Crippen LogP contribution in [0.4, 0.5) is 0 Å². The molecule has 5 heteroatoms. The predicted octanol–water partition coefficient (Wildman–Crippen LogP) is 1.11. The maximum Gasteiger partial charge on any atom is 0.266 e. The summed E-state index contributed by atoms with van der Waals surface area (Å²) >= 11 is 0. The van der Waals surface area contributed by atoms with E-state index in [-0.39, 0.29) is 23.4 Å². The van der Waals surface area contributed by atoms with Gasteiger partial charge in [-0.2, -0.15) is 5.10 Å². The average molecular weight is 287 g/mol. The van der Waals surface area contributed by atoms with Gasteiger partial charge in [0.2, 0.25) is 5.91 Å². The fraction of sp³-hybridized carbons (Fsp3) is 0.562. The first-order valence-corrected chi connectivity index (χ1v) is 7.65. The van der Waals surface area contributed by atoms with E-state index in [1.54, 1.807) is 13.1 Å². The largest absolute Gasteiger partial charge is 0.353 e. The Kier molecular flexibility index (Phi) is 3.90. The number of nitrogens with one attached hydrogen (secondary N) is 1. The molecule has 2 aliphatic rings. The van der Waals surface area contributed by atoms with Crippen LogP contribution in [0.1, 0.15) is 36.9 Å². The van der Waals surface area contributed by atoms with Crippen LogP contribution in [0.15, 0.2) is 23.0 Å². The van der Waals surface area contributed by atoms with Crippen molar-refractivity contribution >= 4 is 5.91 Å². The number of fused-ring (bicyclic) bond motifs is 1. The fourth-order valence-electron chi connectivity index (χ4n) is 3.16. The molecule has 5 nitrogen and oxygen atoms in total. The molecule has 1 aromatic heterocycles. The van der Waals surface area contributed by atoms with Crippen LogP contribution in [0, 0.1) is 5.92 Å². The molecule has 1 heterocycles. The highest BCUT2D eigenvalue weighted by molar-refractivity contribution is 5.79. The van der Waals surface area contributed by atoms with Crippen LogP contribution in [0.3, 0.4) is 0 Å². The molecule has 0 aliphatic heterocycles. The van der Waals surface area contributed by atoms with E-state index in [1.807, 2.05) is 0 Å². The lowest BCUT2D eigenvalue weighted by molar-refractivity contribution is -0.126. The first-order valence-electron chi connectivity index (χ1n) is 7.65. The highest BCUT2D eigenvalue weighted by atomic mass is 16.2. The number of allylic oxidation sites excluding steroid dienone is 2. The van der Waals surface area contributed by atoms with Crippen LogP contribution >= 0.6 is 0 Å². The summed E-state index contributed by atoms with van der Waals surface area (Å²) in [4.78, 5) is 23.9. The van der Waals surface area contributed by atoms with Crippen molar-refractivity contribution in [2.75, 3.05) is 0 Å². The van der Waals surface area contributed by atoms with E-state index in [9.17, 15) is 9.59 Å². The Hall–Kier alpha value is -1.91. The lowest BCUT2D eigenvalue weighted by Gasteiger charge is -2.27. The Bertz CT molecular complexity index is 633. The zero-order valence-corrected chi connectivity index (χ0v) is 12.3. The van der Waals surface area contributed by atoms with E-state index in [0.29, 0.717) is 6.42 Å². The van der Waals surface area contributed by atoms with Crippen molar-refractivity contribution in [2.45, 2.75) is 44.6 Å². The zero-order valence-electron chi connectivity index (χ0n) is 12.3. The van der Waals surface area contributed by atoms with E-state index < -0.39 is 0 Å². The second-order valence-electron chi connectivity index (χ2n) is 6.01. The lowest BCUT2D eigenvalue weighted by Crippen LogP contribution is -2.43. The van der Waals surface area contributed by atoms with Crippen LogP contribution in [0.5, 0.6) is 0 Å². The molecule has 0 unspecified atom stereocenters. The van der Waals surface area contributed by atoms with Crippen molar-refractivity contribution in [3.05, 3.63) is 39.8 Å². The van der Waals surface area contributed by atoms with Gasteiger partial charge in [-0.05, 0) is 44.1 Å². The molecule has 0 radical (unpaired) electrons. The van der Waals surface area contributed by atoms with Crippen LogP contribution in [0.2, 0.25) is 0 Å². The number of rotatable bonds is 2. The predicted molar refractivity (Wildman–Crippen MR) is 79.9 cm³/mol. The molecule has 0 fully saturated rings. The highest BCUT2D eigenvalue weighted by Gasteiger charge is 2.25. The Balaban J connectivity index is 1.66. The normalized spacial score (nSPS) is 24.4. The van der Waals surface area contributed by atoms with Gasteiger partial charge < -0.3 is 5.32 Å². The van der Waals surface area contributed by atoms with E-state index in [1.165, 1.54) is 4.68 Å². The first kappa shape index (κ1) is 14.0. The second-order valence-corrected chi connectivity index (χ2v) is 6.01. The number of hydrogen-bond acceptors (Lipinski definition) is 3. The molecule has 2 atom stereocenters. The van der Waals surface area contributed by atoms with Crippen molar-refractivity contribution in [3.8, 4) is 0 Å². The number of hydrogen-bond donors (Lipinski definition) is 1. The van der Waals surface area contributed by atoms with Gasteiger partial charge in [0.05, 0.1) is 5.69 Å². The molecule has 1 aromatic rings. The number of carbonyl (C=O) groups is 1. The minimum absolute atomic E-state index is 0.0851. The molecule has 1 amide bonds.